The molecule has 2 fully saturated rings. The predicted molar refractivity (Wildman–Crippen MR) is 110 cm³/mol. The maximum absolute atomic E-state index is 11.1. The molecule has 4 heterocycles. The van der Waals surface area contributed by atoms with E-state index in [9.17, 15) is 5.11 Å². The number of benzene rings is 1. The lowest BCUT2D eigenvalue weighted by molar-refractivity contribution is -0.0112. The van der Waals surface area contributed by atoms with Crippen molar-refractivity contribution in [2.24, 2.45) is 0 Å². The summed E-state index contributed by atoms with van der Waals surface area (Å²) in [5, 5.41) is 15.6. The summed E-state index contributed by atoms with van der Waals surface area (Å²) in [6.45, 7) is 4.73. The first-order chi connectivity index (χ1) is 13.7. The van der Waals surface area contributed by atoms with E-state index in [1.165, 1.54) is 12.8 Å². The first kappa shape index (κ1) is 17.6. The van der Waals surface area contributed by atoms with Gasteiger partial charge in [-0.15, -0.1) is 0 Å². The first-order valence-electron chi connectivity index (χ1n) is 10.3. The normalized spacial score (nSPS) is 20.1. The van der Waals surface area contributed by atoms with Gasteiger partial charge in [0.1, 0.15) is 5.82 Å². The molecule has 0 bridgehead atoms. The van der Waals surface area contributed by atoms with Crippen LogP contribution in [0.3, 0.4) is 0 Å². The van der Waals surface area contributed by atoms with Gasteiger partial charge in [0, 0.05) is 37.3 Å². The predicted octanol–water partition coefficient (Wildman–Crippen LogP) is 2.82. The maximum atomic E-state index is 11.1. The van der Waals surface area contributed by atoms with Crippen molar-refractivity contribution in [3.05, 3.63) is 48.7 Å². The van der Waals surface area contributed by atoms with Crippen LogP contribution in [0.25, 0.3) is 16.9 Å². The summed E-state index contributed by atoms with van der Waals surface area (Å²) in [6.07, 6.45) is 5.90. The molecule has 146 valence electrons. The highest BCUT2D eigenvalue weighted by Gasteiger charge is 2.35. The molecule has 2 aromatic heterocycles. The number of aliphatic hydroxyl groups is 1. The summed E-state index contributed by atoms with van der Waals surface area (Å²) < 4.78 is 1.91. The van der Waals surface area contributed by atoms with Crippen LogP contribution in [-0.4, -0.2) is 62.9 Å². The molecule has 6 heteroatoms. The van der Waals surface area contributed by atoms with Gasteiger partial charge in [-0.1, -0.05) is 30.3 Å². The Balaban J connectivity index is 1.40. The summed E-state index contributed by atoms with van der Waals surface area (Å²) in [4.78, 5) is 9.53. The lowest BCUT2D eigenvalue weighted by atomic mass is 9.91. The van der Waals surface area contributed by atoms with E-state index >= 15 is 0 Å². The van der Waals surface area contributed by atoms with Gasteiger partial charge >= 0.3 is 0 Å². The quantitative estimate of drug-likeness (QED) is 0.758. The van der Waals surface area contributed by atoms with Crippen molar-refractivity contribution in [2.75, 3.05) is 37.6 Å². The van der Waals surface area contributed by atoms with Crippen LogP contribution in [-0.2, 0) is 0 Å². The van der Waals surface area contributed by atoms with Crippen LogP contribution in [0.4, 0.5) is 5.82 Å². The molecule has 0 radical (unpaired) electrons. The Bertz CT molecular complexity index is 940. The Morgan fingerprint density at radius 1 is 0.964 bits per heavy atom. The van der Waals surface area contributed by atoms with E-state index in [1.807, 2.05) is 28.8 Å². The summed E-state index contributed by atoms with van der Waals surface area (Å²) in [5.41, 5.74) is 2.35. The van der Waals surface area contributed by atoms with Crippen LogP contribution >= 0.6 is 0 Å². The van der Waals surface area contributed by atoms with E-state index in [4.69, 9.17) is 4.98 Å². The fraction of sp³-hybridized carbons (Fsp3) is 0.455. The number of likely N-dealkylation sites (tertiary alicyclic amines) is 1. The molecule has 2 aliphatic rings. The Morgan fingerprint density at radius 2 is 1.71 bits per heavy atom. The van der Waals surface area contributed by atoms with Gasteiger partial charge in [0.2, 0.25) is 0 Å². The van der Waals surface area contributed by atoms with Crippen LogP contribution in [0, 0.1) is 0 Å². The molecule has 5 rings (SSSR count). The number of aromatic nitrogens is 3. The van der Waals surface area contributed by atoms with Crippen molar-refractivity contribution in [2.45, 2.75) is 31.3 Å². The second-order valence-corrected chi connectivity index (χ2v) is 8.16. The van der Waals surface area contributed by atoms with Gasteiger partial charge in [0.25, 0.3) is 0 Å². The van der Waals surface area contributed by atoms with Crippen molar-refractivity contribution in [1.29, 1.82) is 0 Å². The third-order valence-electron chi connectivity index (χ3n) is 6.14. The molecule has 0 saturated carbocycles. The number of anilines is 1. The van der Waals surface area contributed by atoms with Crippen LogP contribution in [0.5, 0.6) is 0 Å². The van der Waals surface area contributed by atoms with E-state index in [0.717, 1.165) is 68.3 Å². The third-order valence-corrected chi connectivity index (χ3v) is 6.14. The fourth-order valence-corrected chi connectivity index (χ4v) is 4.55. The third kappa shape index (κ3) is 3.38. The second kappa shape index (κ2) is 7.18. The number of rotatable bonds is 4. The van der Waals surface area contributed by atoms with Gasteiger partial charge in [-0.2, -0.15) is 9.61 Å². The van der Waals surface area contributed by atoms with E-state index in [1.54, 1.807) is 6.20 Å². The van der Waals surface area contributed by atoms with Crippen molar-refractivity contribution in [3.8, 4) is 11.3 Å². The topological polar surface area (TPSA) is 56.9 Å². The molecule has 0 amide bonds. The van der Waals surface area contributed by atoms with Gasteiger partial charge in [0.15, 0.2) is 5.65 Å². The maximum Gasteiger partial charge on any atom is 0.157 e. The highest BCUT2D eigenvalue weighted by molar-refractivity contribution is 5.66. The fourth-order valence-electron chi connectivity index (χ4n) is 4.55. The number of piperidine rings is 1. The van der Waals surface area contributed by atoms with Gasteiger partial charge < -0.3 is 14.9 Å². The van der Waals surface area contributed by atoms with E-state index < -0.39 is 5.60 Å². The number of hydrogen-bond acceptors (Lipinski definition) is 5. The molecule has 0 unspecified atom stereocenters. The average Bonchev–Trinajstić information content (AvgIpc) is 3.40. The molecular formula is C22H27N5O. The first-order valence-corrected chi connectivity index (χ1v) is 10.3. The summed E-state index contributed by atoms with van der Waals surface area (Å²) in [7, 11) is 0. The molecule has 1 aromatic carbocycles. The van der Waals surface area contributed by atoms with Crippen molar-refractivity contribution >= 4 is 11.5 Å². The van der Waals surface area contributed by atoms with Gasteiger partial charge in [-0.3, -0.25) is 0 Å². The van der Waals surface area contributed by atoms with Crippen molar-refractivity contribution in [3.63, 3.8) is 0 Å². The summed E-state index contributed by atoms with van der Waals surface area (Å²) in [6, 6.07) is 14.3. The minimum atomic E-state index is -0.570. The molecule has 6 nitrogen and oxygen atoms in total. The minimum Gasteiger partial charge on any atom is -0.388 e. The Morgan fingerprint density at radius 3 is 2.46 bits per heavy atom. The molecule has 0 spiro atoms. The number of fused-ring (bicyclic) bond motifs is 1. The Hall–Kier alpha value is -2.44. The number of nitrogens with zero attached hydrogens (tertiary/aromatic N) is 5. The lowest BCUT2D eigenvalue weighted by Gasteiger charge is -2.41. The monoisotopic (exact) mass is 377 g/mol. The highest BCUT2D eigenvalue weighted by Crippen LogP contribution is 2.30. The molecule has 2 saturated heterocycles. The standard InChI is InChI=1S/C22H27N5O/c28-22(17-25-12-4-5-13-25)9-14-26(15-10-22)21-16-19(18-6-2-1-3-7-18)24-20-8-11-23-27(20)21/h1-3,6-8,11,16,28H,4-5,9-10,12-15,17H2. The molecule has 2 aliphatic heterocycles. The largest absolute Gasteiger partial charge is 0.388 e. The average molecular weight is 377 g/mol. The molecule has 0 atom stereocenters. The molecular weight excluding hydrogens is 350 g/mol. The van der Waals surface area contributed by atoms with E-state index in [2.05, 4.69) is 33.1 Å². The van der Waals surface area contributed by atoms with E-state index in [0.29, 0.717) is 0 Å². The van der Waals surface area contributed by atoms with Gasteiger partial charge in [-0.05, 0) is 38.8 Å². The van der Waals surface area contributed by atoms with Crippen molar-refractivity contribution < 1.29 is 5.11 Å². The zero-order chi connectivity index (χ0) is 19.0. The number of hydrogen-bond donors (Lipinski definition) is 1. The van der Waals surface area contributed by atoms with E-state index in [-0.39, 0.29) is 0 Å². The van der Waals surface area contributed by atoms with Crippen LogP contribution < -0.4 is 4.90 Å². The van der Waals surface area contributed by atoms with Crippen LogP contribution in [0.2, 0.25) is 0 Å². The summed E-state index contributed by atoms with van der Waals surface area (Å²) >= 11 is 0. The highest BCUT2D eigenvalue weighted by atomic mass is 16.3. The minimum absolute atomic E-state index is 0.570. The van der Waals surface area contributed by atoms with Crippen LogP contribution in [0.15, 0.2) is 48.7 Å². The molecule has 1 N–H and O–H groups in total. The SMILES string of the molecule is OC1(CN2CCCC2)CCN(c2cc(-c3ccccc3)nc3ccnn23)CC1. The van der Waals surface area contributed by atoms with Gasteiger partial charge in [0.05, 0.1) is 17.5 Å². The van der Waals surface area contributed by atoms with Crippen LogP contribution in [0.1, 0.15) is 25.7 Å². The molecule has 3 aromatic rings. The molecule has 0 aliphatic carbocycles. The second-order valence-electron chi connectivity index (χ2n) is 8.16. The summed E-state index contributed by atoms with van der Waals surface area (Å²) in [5.74, 6) is 1.05. The zero-order valence-electron chi connectivity index (χ0n) is 16.2. The Labute approximate surface area is 165 Å². The zero-order valence-corrected chi connectivity index (χ0v) is 16.2. The smallest absolute Gasteiger partial charge is 0.157 e. The van der Waals surface area contributed by atoms with Gasteiger partial charge in [-0.25, -0.2) is 4.98 Å². The lowest BCUT2D eigenvalue weighted by Crippen LogP contribution is -2.50. The Kier molecular flexibility index (Phi) is 4.53. The molecule has 28 heavy (non-hydrogen) atoms. The number of β-amino-alcohol motifs (C(OH)–C–C–N with tert-alkyl or cyclic N) is 1. The van der Waals surface area contributed by atoms with Crippen molar-refractivity contribution in [1.82, 2.24) is 19.5 Å².